The van der Waals surface area contributed by atoms with E-state index in [1.807, 2.05) is 19.9 Å². The summed E-state index contributed by atoms with van der Waals surface area (Å²) >= 11 is 0. The number of nitrogens with two attached hydrogens (primary N) is 1. The van der Waals surface area contributed by atoms with Crippen LogP contribution in [0.3, 0.4) is 0 Å². The summed E-state index contributed by atoms with van der Waals surface area (Å²) in [4.78, 5) is 0. The molecule has 0 aliphatic rings. The van der Waals surface area contributed by atoms with Gasteiger partial charge in [-0.1, -0.05) is 6.07 Å². The zero-order chi connectivity index (χ0) is 13.1. The first kappa shape index (κ1) is 12.6. The van der Waals surface area contributed by atoms with Crippen LogP contribution < -0.4 is 10.5 Å². The van der Waals surface area contributed by atoms with Crippen LogP contribution in [-0.2, 0) is 13.2 Å². The molecule has 0 aliphatic heterocycles. The summed E-state index contributed by atoms with van der Waals surface area (Å²) in [5.41, 5.74) is 7.33. The minimum Gasteiger partial charge on any atom is -0.486 e. The molecule has 0 saturated heterocycles. The van der Waals surface area contributed by atoms with Crippen LogP contribution in [-0.4, -0.2) is 0 Å². The first-order valence-electron chi connectivity index (χ1n) is 5.77. The van der Waals surface area contributed by atoms with Crippen molar-refractivity contribution < 1.29 is 13.5 Å². The van der Waals surface area contributed by atoms with Crippen molar-refractivity contribution in [2.75, 3.05) is 0 Å². The highest BCUT2D eigenvalue weighted by Crippen LogP contribution is 2.21. The Balaban J connectivity index is 2.11. The molecule has 2 rings (SSSR count). The molecule has 1 heterocycles. The molecule has 0 fully saturated rings. The summed E-state index contributed by atoms with van der Waals surface area (Å²) in [7, 11) is 0. The Kier molecular flexibility index (Phi) is 3.67. The number of benzene rings is 1. The van der Waals surface area contributed by atoms with E-state index in [2.05, 4.69) is 0 Å². The number of hydrogen-bond donors (Lipinski definition) is 1. The molecule has 4 heteroatoms. The maximum absolute atomic E-state index is 13.5. The highest BCUT2D eigenvalue weighted by atomic mass is 19.1. The lowest BCUT2D eigenvalue weighted by Crippen LogP contribution is -1.98. The second-order valence-corrected chi connectivity index (χ2v) is 4.22. The van der Waals surface area contributed by atoms with Crippen molar-refractivity contribution in [3.8, 4) is 5.75 Å². The number of rotatable bonds is 4. The second-order valence-electron chi connectivity index (χ2n) is 4.22. The maximum atomic E-state index is 13.5. The van der Waals surface area contributed by atoms with E-state index in [0.29, 0.717) is 12.3 Å². The van der Waals surface area contributed by atoms with Gasteiger partial charge in [0, 0.05) is 5.56 Å². The molecule has 1 aromatic carbocycles. The molecule has 0 radical (unpaired) electrons. The Hall–Kier alpha value is -1.81. The smallest absolute Gasteiger partial charge is 0.165 e. The second kappa shape index (κ2) is 5.23. The normalized spacial score (nSPS) is 10.7. The molecule has 18 heavy (non-hydrogen) atoms. The van der Waals surface area contributed by atoms with Gasteiger partial charge in [-0.3, -0.25) is 0 Å². The summed E-state index contributed by atoms with van der Waals surface area (Å²) in [6, 6.07) is 6.62. The number of halogens is 1. The first-order chi connectivity index (χ1) is 8.60. The summed E-state index contributed by atoms with van der Waals surface area (Å²) in [6.07, 6.45) is 0. The predicted molar refractivity (Wildman–Crippen MR) is 66.8 cm³/mol. The van der Waals surface area contributed by atoms with Gasteiger partial charge in [-0.25, -0.2) is 4.39 Å². The zero-order valence-electron chi connectivity index (χ0n) is 10.5. The number of aryl methyl sites for hydroxylation is 2. The molecular weight excluding hydrogens is 233 g/mol. The lowest BCUT2D eigenvalue weighted by Gasteiger charge is -2.07. The summed E-state index contributed by atoms with van der Waals surface area (Å²) in [6.45, 7) is 4.35. The Bertz CT molecular complexity index is 549. The van der Waals surface area contributed by atoms with Gasteiger partial charge in [0.1, 0.15) is 18.1 Å². The van der Waals surface area contributed by atoms with Crippen molar-refractivity contribution in [2.45, 2.75) is 27.0 Å². The van der Waals surface area contributed by atoms with Gasteiger partial charge < -0.3 is 14.9 Å². The molecule has 3 nitrogen and oxygen atoms in total. The minimum absolute atomic E-state index is 0.255. The monoisotopic (exact) mass is 249 g/mol. The Labute approximate surface area is 105 Å². The van der Waals surface area contributed by atoms with E-state index in [1.54, 1.807) is 12.1 Å². The van der Waals surface area contributed by atoms with E-state index < -0.39 is 0 Å². The fraction of sp³-hybridized carbons (Fsp3) is 0.286. The molecular formula is C14H16FNO2. The van der Waals surface area contributed by atoms with Crippen LogP contribution in [0.5, 0.6) is 5.75 Å². The third-order valence-electron chi connectivity index (χ3n) is 2.74. The van der Waals surface area contributed by atoms with Crippen molar-refractivity contribution in [2.24, 2.45) is 5.73 Å². The third-order valence-corrected chi connectivity index (χ3v) is 2.74. The van der Waals surface area contributed by atoms with Crippen molar-refractivity contribution in [1.29, 1.82) is 0 Å². The van der Waals surface area contributed by atoms with Crippen LogP contribution >= 0.6 is 0 Å². The van der Waals surface area contributed by atoms with Gasteiger partial charge in [-0.15, -0.1) is 0 Å². The lowest BCUT2D eigenvalue weighted by atomic mass is 10.2. The Morgan fingerprint density at radius 2 is 2.06 bits per heavy atom. The van der Waals surface area contributed by atoms with Gasteiger partial charge in [0.2, 0.25) is 0 Å². The Morgan fingerprint density at radius 1 is 1.28 bits per heavy atom. The van der Waals surface area contributed by atoms with E-state index in [1.165, 1.54) is 6.07 Å². The van der Waals surface area contributed by atoms with Crippen molar-refractivity contribution in [3.05, 3.63) is 52.7 Å². The molecule has 2 aromatic rings. The quantitative estimate of drug-likeness (QED) is 0.905. The molecule has 0 spiro atoms. The van der Waals surface area contributed by atoms with Crippen molar-refractivity contribution in [1.82, 2.24) is 0 Å². The van der Waals surface area contributed by atoms with Gasteiger partial charge in [-0.2, -0.15) is 0 Å². The molecule has 96 valence electrons. The fourth-order valence-corrected chi connectivity index (χ4v) is 1.71. The SMILES string of the molecule is Cc1ccc(F)c(OCc2cc(CN)oc2C)c1. The Morgan fingerprint density at radius 3 is 2.72 bits per heavy atom. The summed E-state index contributed by atoms with van der Waals surface area (Å²) in [5, 5.41) is 0. The molecule has 0 unspecified atom stereocenters. The fourth-order valence-electron chi connectivity index (χ4n) is 1.71. The largest absolute Gasteiger partial charge is 0.486 e. The predicted octanol–water partition coefficient (Wildman–Crippen LogP) is 3.07. The minimum atomic E-state index is -0.360. The molecule has 0 bridgehead atoms. The topological polar surface area (TPSA) is 48.4 Å². The van der Waals surface area contributed by atoms with Crippen LogP contribution in [0.2, 0.25) is 0 Å². The lowest BCUT2D eigenvalue weighted by molar-refractivity contribution is 0.287. The summed E-state index contributed by atoms with van der Waals surface area (Å²) in [5.74, 6) is 1.35. The molecule has 0 saturated carbocycles. The molecule has 0 atom stereocenters. The van der Waals surface area contributed by atoms with E-state index in [4.69, 9.17) is 14.9 Å². The molecule has 0 aliphatic carbocycles. The van der Waals surface area contributed by atoms with Crippen molar-refractivity contribution in [3.63, 3.8) is 0 Å². The standard InChI is InChI=1S/C14H16FNO2/c1-9-3-4-13(15)14(5-9)17-8-11-6-12(7-16)18-10(11)2/h3-6H,7-8,16H2,1-2H3. The molecule has 0 amide bonds. The average molecular weight is 249 g/mol. The third kappa shape index (κ3) is 2.71. The van der Waals surface area contributed by atoms with Crippen LogP contribution in [0.25, 0.3) is 0 Å². The highest BCUT2D eigenvalue weighted by molar-refractivity contribution is 5.30. The van der Waals surface area contributed by atoms with Gasteiger partial charge in [0.25, 0.3) is 0 Å². The maximum Gasteiger partial charge on any atom is 0.165 e. The van der Waals surface area contributed by atoms with E-state index in [-0.39, 0.29) is 18.2 Å². The van der Waals surface area contributed by atoms with Crippen LogP contribution in [0.1, 0.15) is 22.6 Å². The first-order valence-corrected chi connectivity index (χ1v) is 5.77. The zero-order valence-corrected chi connectivity index (χ0v) is 10.5. The van der Waals surface area contributed by atoms with Crippen LogP contribution in [0.15, 0.2) is 28.7 Å². The van der Waals surface area contributed by atoms with Gasteiger partial charge in [0.05, 0.1) is 6.54 Å². The number of ether oxygens (including phenoxy) is 1. The van der Waals surface area contributed by atoms with Gasteiger partial charge in [0.15, 0.2) is 11.6 Å². The van der Waals surface area contributed by atoms with Crippen LogP contribution in [0.4, 0.5) is 4.39 Å². The average Bonchev–Trinajstić information content (AvgIpc) is 2.71. The van der Waals surface area contributed by atoms with E-state index in [9.17, 15) is 4.39 Å². The van der Waals surface area contributed by atoms with Crippen molar-refractivity contribution >= 4 is 0 Å². The molecule has 1 aromatic heterocycles. The number of hydrogen-bond acceptors (Lipinski definition) is 3. The van der Waals surface area contributed by atoms with E-state index >= 15 is 0 Å². The van der Waals surface area contributed by atoms with Gasteiger partial charge in [-0.05, 0) is 37.6 Å². The van der Waals surface area contributed by atoms with E-state index in [0.717, 1.165) is 16.9 Å². The highest BCUT2D eigenvalue weighted by Gasteiger charge is 2.09. The van der Waals surface area contributed by atoms with Crippen LogP contribution in [0, 0.1) is 19.7 Å². The molecule has 2 N–H and O–H groups in total. The summed E-state index contributed by atoms with van der Waals surface area (Å²) < 4.78 is 24.3. The van der Waals surface area contributed by atoms with Gasteiger partial charge >= 0.3 is 0 Å². The number of furan rings is 1.